The number of nitrogens with one attached hydrogen (secondary N) is 4. The van der Waals surface area contributed by atoms with Crippen molar-refractivity contribution in [3.05, 3.63) is 0 Å². The van der Waals surface area contributed by atoms with Gasteiger partial charge in [0.05, 0.1) is 6.04 Å². The fraction of sp³-hybridized carbons (Fsp3) is 0.833. The van der Waals surface area contributed by atoms with Crippen molar-refractivity contribution in [3.63, 3.8) is 0 Å². The zero-order valence-corrected chi connectivity index (χ0v) is 29.6. The number of primary amides is 1. The van der Waals surface area contributed by atoms with Gasteiger partial charge < -0.3 is 26.6 Å². The number of nitrogens with two attached hydrogens (primary N) is 1. The molecule has 0 radical (unpaired) electrons. The number of carbonyl (C=O) groups excluding carboxylic acids is 5. The highest BCUT2D eigenvalue weighted by molar-refractivity contribution is 7.87. The number of ketones is 1. The summed E-state index contributed by atoms with van der Waals surface area (Å²) in [5.41, 5.74) is 3.93. The van der Waals surface area contributed by atoms with E-state index >= 15 is 0 Å². The molecule has 0 aromatic carbocycles. The molecular formula is C30H52ClN7O7S. The second kappa shape index (κ2) is 14.7. The maximum absolute atomic E-state index is 14.1. The second-order valence-electron chi connectivity index (χ2n) is 15.1. The lowest BCUT2D eigenvalue weighted by Crippen LogP contribution is -2.62. The summed E-state index contributed by atoms with van der Waals surface area (Å²) < 4.78 is 29.1. The molecule has 0 aromatic heterocycles. The quantitative estimate of drug-likeness (QED) is 0.0892. The molecule has 1 saturated heterocycles. The molecule has 5 amide bonds. The number of amides is 5. The maximum Gasteiger partial charge on any atom is 0.315 e. The molecule has 14 nitrogen and oxygen atoms in total. The molecule has 0 bridgehead atoms. The van der Waals surface area contributed by atoms with Gasteiger partial charge in [-0.15, -0.1) is 11.6 Å². The Balaban J connectivity index is 1.74. The zero-order chi connectivity index (χ0) is 34.8. The van der Waals surface area contributed by atoms with Crippen LogP contribution in [0.4, 0.5) is 4.79 Å². The Morgan fingerprint density at radius 3 is 2.15 bits per heavy atom. The highest BCUT2D eigenvalue weighted by Crippen LogP contribution is 2.50. The van der Waals surface area contributed by atoms with Gasteiger partial charge in [0, 0.05) is 38.6 Å². The van der Waals surface area contributed by atoms with E-state index in [0.717, 1.165) is 23.6 Å². The van der Waals surface area contributed by atoms with Crippen LogP contribution in [0.2, 0.25) is 0 Å². The summed E-state index contributed by atoms with van der Waals surface area (Å²) in [6.07, 6.45) is 3.37. The van der Waals surface area contributed by atoms with Gasteiger partial charge in [0.2, 0.25) is 17.6 Å². The van der Waals surface area contributed by atoms with Gasteiger partial charge in [0.25, 0.3) is 16.1 Å². The Kier molecular flexibility index (Phi) is 12.2. The topological polar surface area (TPSA) is 200 Å². The zero-order valence-electron chi connectivity index (χ0n) is 28.0. The summed E-state index contributed by atoms with van der Waals surface area (Å²) >= 11 is 5.66. The lowest BCUT2D eigenvalue weighted by atomic mass is 9.85. The van der Waals surface area contributed by atoms with Crippen molar-refractivity contribution in [2.75, 3.05) is 32.6 Å². The maximum atomic E-state index is 14.1. The molecule has 0 spiro atoms. The van der Waals surface area contributed by atoms with E-state index in [1.54, 1.807) is 20.8 Å². The molecule has 262 valence electrons. The smallest absolute Gasteiger partial charge is 0.315 e. The molecule has 1 aliphatic heterocycles. The summed E-state index contributed by atoms with van der Waals surface area (Å²) in [7, 11) is -2.41. The SMILES string of the molecule is CN(C[C@@H](NC(=O)N[C@H](C(=O)N1C[C@@H]2C[C@@H]2[C@H]1C(=O)NC(CC1CC1)C(=O)C(N)=O)C(C)(C)C)C(C)(C)C)S(=O)(=O)NCCCCl. The van der Waals surface area contributed by atoms with Gasteiger partial charge in [-0.3, -0.25) is 19.2 Å². The molecule has 6 atom stereocenters. The average molecular weight is 690 g/mol. The third kappa shape index (κ3) is 10.0. The summed E-state index contributed by atoms with van der Waals surface area (Å²) in [5.74, 6) is -2.32. The van der Waals surface area contributed by atoms with Gasteiger partial charge >= 0.3 is 6.03 Å². The Bertz CT molecular complexity index is 1280. The number of urea groups is 1. The van der Waals surface area contributed by atoms with Crippen LogP contribution in [0.25, 0.3) is 0 Å². The van der Waals surface area contributed by atoms with E-state index in [1.165, 1.54) is 11.9 Å². The number of nitrogens with zero attached hydrogens (tertiary/aromatic N) is 2. The van der Waals surface area contributed by atoms with Gasteiger partial charge in [0.15, 0.2) is 0 Å². The highest BCUT2D eigenvalue weighted by Gasteiger charge is 2.58. The first-order valence-electron chi connectivity index (χ1n) is 16.0. The van der Waals surface area contributed by atoms with Crippen LogP contribution in [0.1, 0.15) is 73.6 Å². The third-order valence-corrected chi connectivity index (χ3v) is 10.8. The number of fused-ring (bicyclic) bond motifs is 1. The first-order valence-corrected chi connectivity index (χ1v) is 17.9. The normalized spacial score (nSPS) is 23.2. The predicted molar refractivity (Wildman–Crippen MR) is 174 cm³/mol. The van der Waals surface area contributed by atoms with Gasteiger partial charge in [-0.2, -0.15) is 12.7 Å². The van der Waals surface area contributed by atoms with Crippen LogP contribution < -0.4 is 26.4 Å². The second-order valence-corrected chi connectivity index (χ2v) is 17.4. The number of hydrogen-bond donors (Lipinski definition) is 5. The lowest BCUT2D eigenvalue weighted by Gasteiger charge is -2.38. The molecule has 2 saturated carbocycles. The molecule has 1 unspecified atom stereocenters. The number of rotatable bonds is 16. The summed E-state index contributed by atoms with van der Waals surface area (Å²) in [4.78, 5) is 66.8. The lowest BCUT2D eigenvalue weighted by molar-refractivity contribution is -0.144. The van der Waals surface area contributed by atoms with E-state index in [-0.39, 0.29) is 30.8 Å². The standard InChI is InChI=1S/C30H52ClN7O7S/c1-29(2,3)21(16-37(7)46(44,45)33-12-8-11-31)35-28(43)36-24(30(4,5)6)27(42)38-15-18-14-19(18)22(38)26(41)34-20(13-17-9-10-17)23(39)25(32)40/h17-22,24,33H,8-16H2,1-7H3,(H2,32,40)(H,34,41)(H2,35,36,43)/t18-,19-,20?,21+,22-,24+/m0/s1. The number of carbonyl (C=O) groups is 5. The molecule has 6 N–H and O–H groups in total. The van der Waals surface area contributed by atoms with Crippen LogP contribution in [0.3, 0.4) is 0 Å². The minimum absolute atomic E-state index is 0.0367. The van der Waals surface area contributed by atoms with Crippen molar-refractivity contribution < 1.29 is 32.4 Å². The van der Waals surface area contributed by atoms with Crippen LogP contribution in [0.15, 0.2) is 0 Å². The molecule has 3 aliphatic rings. The highest BCUT2D eigenvalue weighted by atomic mass is 35.5. The monoisotopic (exact) mass is 689 g/mol. The van der Waals surface area contributed by atoms with Crippen LogP contribution in [-0.4, -0.2) is 104 Å². The molecule has 0 aromatic rings. The number of halogens is 1. The van der Waals surface area contributed by atoms with E-state index in [2.05, 4.69) is 20.7 Å². The fourth-order valence-electron chi connectivity index (χ4n) is 5.79. The predicted octanol–water partition coefficient (Wildman–Crippen LogP) is 0.696. The van der Waals surface area contributed by atoms with Gasteiger partial charge in [-0.05, 0) is 47.8 Å². The number of alkyl halides is 1. The fourth-order valence-corrected chi connectivity index (χ4v) is 6.89. The molecule has 16 heteroatoms. The van der Waals surface area contributed by atoms with E-state index in [0.29, 0.717) is 25.3 Å². The van der Waals surface area contributed by atoms with Crippen molar-refractivity contribution in [1.29, 1.82) is 0 Å². The van der Waals surface area contributed by atoms with Crippen molar-refractivity contribution in [2.45, 2.75) is 97.8 Å². The van der Waals surface area contributed by atoms with Gasteiger partial charge in [-0.25, -0.2) is 9.52 Å². The van der Waals surface area contributed by atoms with Crippen molar-refractivity contribution >= 4 is 51.3 Å². The molecule has 3 fully saturated rings. The summed E-state index contributed by atoms with van der Waals surface area (Å²) in [6.45, 7) is 11.5. The molecule has 3 rings (SSSR count). The van der Waals surface area contributed by atoms with E-state index < -0.39 is 74.7 Å². The van der Waals surface area contributed by atoms with Crippen molar-refractivity contribution in [1.82, 2.24) is 29.9 Å². The minimum atomic E-state index is -3.82. The molecule has 46 heavy (non-hydrogen) atoms. The first-order chi connectivity index (χ1) is 21.2. The third-order valence-electron chi connectivity index (χ3n) is 9.03. The molecule has 1 heterocycles. The summed E-state index contributed by atoms with van der Waals surface area (Å²) in [6, 6.07) is -4.21. The number of likely N-dealkylation sites (tertiary alicyclic amines) is 1. The number of Topliss-reactive ketones (excluding diaryl/α,β-unsaturated/α-hetero) is 1. The van der Waals surface area contributed by atoms with Crippen molar-refractivity contribution in [3.8, 4) is 0 Å². The largest absolute Gasteiger partial charge is 0.363 e. The van der Waals surface area contributed by atoms with E-state index in [9.17, 15) is 32.4 Å². The Hall–Kier alpha value is -2.49. The van der Waals surface area contributed by atoms with Gasteiger partial charge in [0.1, 0.15) is 12.1 Å². The van der Waals surface area contributed by atoms with Crippen molar-refractivity contribution in [2.24, 2.45) is 34.3 Å². The number of likely N-dealkylation sites (N-methyl/N-ethyl adjacent to an activating group) is 1. The Labute approximate surface area is 277 Å². The Morgan fingerprint density at radius 1 is 1.00 bits per heavy atom. The van der Waals surface area contributed by atoms with Crippen LogP contribution in [0.5, 0.6) is 0 Å². The molecule has 2 aliphatic carbocycles. The summed E-state index contributed by atoms with van der Waals surface area (Å²) in [5, 5.41) is 8.38. The Morgan fingerprint density at radius 2 is 1.63 bits per heavy atom. The number of piperidine rings is 1. The average Bonchev–Trinajstić information content (AvgIpc) is 3.87. The van der Waals surface area contributed by atoms with Crippen LogP contribution >= 0.6 is 11.6 Å². The minimum Gasteiger partial charge on any atom is -0.363 e. The molecular weight excluding hydrogens is 638 g/mol. The van der Waals surface area contributed by atoms with Gasteiger partial charge in [-0.1, -0.05) is 54.4 Å². The first kappa shape index (κ1) is 38.0. The van der Waals surface area contributed by atoms with Crippen LogP contribution in [0, 0.1) is 28.6 Å². The van der Waals surface area contributed by atoms with Crippen LogP contribution in [-0.2, 0) is 29.4 Å². The van der Waals surface area contributed by atoms with E-state index in [1.807, 2.05) is 20.8 Å². The number of hydrogen-bond acceptors (Lipinski definition) is 7. The van der Waals surface area contributed by atoms with E-state index in [4.69, 9.17) is 17.3 Å².